The Kier molecular flexibility index (Phi) is 3.37. The Hall–Kier alpha value is -1.68. The average Bonchev–Trinajstić information content (AvgIpc) is 3.09. The van der Waals surface area contributed by atoms with Crippen LogP contribution in [0.25, 0.3) is 11.4 Å². The monoisotopic (exact) mass is 244 g/mol. The Morgan fingerprint density at radius 3 is 2.72 bits per heavy atom. The maximum atomic E-state index is 5.29. The number of benzene rings is 1. The van der Waals surface area contributed by atoms with Crippen LogP contribution in [0.15, 0.2) is 34.9 Å². The van der Waals surface area contributed by atoms with Crippen molar-refractivity contribution < 1.29 is 9.84 Å². The first kappa shape index (κ1) is 11.4. The average molecular weight is 244 g/mol. The van der Waals surface area contributed by atoms with E-state index in [1.54, 1.807) is 0 Å². The molecule has 1 fully saturated rings. The molecule has 2 aromatic rings. The van der Waals surface area contributed by atoms with Gasteiger partial charge in [-0.25, -0.2) is 0 Å². The van der Waals surface area contributed by atoms with E-state index in [4.69, 9.17) is 4.52 Å². The van der Waals surface area contributed by atoms with Crippen molar-refractivity contribution in [1.82, 2.24) is 10.1 Å². The highest BCUT2D eigenvalue weighted by Crippen LogP contribution is 2.16. The van der Waals surface area contributed by atoms with E-state index in [1.807, 2.05) is 30.3 Å². The summed E-state index contributed by atoms with van der Waals surface area (Å²) in [5.74, 6) is 1.41. The minimum absolute atomic E-state index is 0.686. The molecule has 0 unspecified atom stereocenters. The second-order valence-electron chi connectivity index (χ2n) is 4.86. The van der Waals surface area contributed by atoms with Gasteiger partial charge in [0.05, 0.1) is 6.04 Å². The zero-order chi connectivity index (χ0) is 12.2. The molecule has 0 radical (unpaired) electrons. The molecule has 94 valence electrons. The van der Waals surface area contributed by atoms with E-state index >= 15 is 0 Å². The summed E-state index contributed by atoms with van der Waals surface area (Å²) in [5, 5.41) is 6.35. The van der Waals surface area contributed by atoms with Gasteiger partial charge in [-0.3, -0.25) is 0 Å². The molecule has 1 aromatic carbocycles. The molecular formula is C14H18N3O+. The summed E-state index contributed by atoms with van der Waals surface area (Å²) >= 11 is 0. The third-order valence-corrected chi connectivity index (χ3v) is 3.53. The second kappa shape index (κ2) is 5.31. The highest BCUT2D eigenvalue weighted by atomic mass is 16.5. The number of quaternary nitrogens is 1. The number of nitrogens with zero attached hydrogens (tertiary/aromatic N) is 2. The van der Waals surface area contributed by atoms with Gasteiger partial charge in [-0.15, -0.1) is 0 Å². The van der Waals surface area contributed by atoms with Crippen LogP contribution in [0.4, 0.5) is 0 Å². The third kappa shape index (κ3) is 2.59. The zero-order valence-corrected chi connectivity index (χ0v) is 10.4. The van der Waals surface area contributed by atoms with Crippen LogP contribution in [0.1, 0.15) is 31.6 Å². The summed E-state index contributed by atoms with van der Waals surface area (Å²) in [6, 6.07) is 10.7. The Morgan fingerprint density at radius 1 is 1.17 bits per heavy atom. The molecule has 0 atom stereocenters. The molecule has 3 rings (SSSR count). The number of hydrogen-bond acceptors (Lipinski definition) is 3. The molecule has 0 aliphatic heterocycles. The number of hydrogen-bond donors (Lipinski definition) is 1. The van der Waals surface area contributed by atoms with Gasteiger partial charge in [0.25, 0.3) is 5.89 Å². The molecule has 18 heavy (non-hydrogen) atoms. The smallest absolute Gasteiger partial charge is 0.282 e. The summed E-state index contributed by atoms with van der Waals surface area (Å²) in [7, 11) is 0. The van der Waals surface area contributed by atoms with Gasteiger partial charge in [-0.1, -0.05) is 35.5 Å². The van der Waals surface area contributed by atoms with E-state index in [0.29, 0.717) is 5.82 Å². The van der Waals surface area contributed by atoms with Gasteiger partial charge in [0.2, 0.25) is 5.82 Å². The predicted octanol–water partition coefficient (Wildman–Crippen LogP) is 1.74. The second-order valence-corrected chi connectivity index (χ2v) is 4.86. The Labute approximate surface area is 106 Å². The lowest BCUT2D eigenvalue weighted by Gasteiger charge is -2.04. The van der Waals surface area contributed by atoms with Gasteiger partial charge >= 0.3 is 0 Å². The maximum absolute atomic E-state index is 5.29. The molecule has 2 N–H and O–H groups in total. The molecule has 0 amide bonds. The molecular weight excluding hydrogens is 226 g/mol. The van der Waals surface area contributed by atoms with Crippen molar-refractivity contribution in [3.05, 3.63) is 36.2 Å². The first-order valence-corrected chi connectivity index (χ1v) is 6.63. The largest absolute Gasteiger partial charge is 0.336 e. The Balaban J connectivity index is 1.63. The number of nitrogens with two attached hydrogens (primary N) is 1. The predicted molar refractivity (Wildman–Crippen MR) is 67.6 cm³/mol. The first-order valence-electron chi connectivity index (χ1n) is 6.63. The van der Waals surface area contributed by atoms with Gasteiger partial charge in [0.15, 0.2) is 6.54 Å². The minimum atomic E-state index is 0.686. The van der Waals surface area contributed by atoms with Gasteiger partial charge in [-0.05, 0) is 25.7 Å². The number of rotatable bonds is 4. The maximum Gasteiger partial charge on any atom is 0.282 e. The van der Waals surface area contributed by atoms with Crippen molar-refractivity contribution in [2.45, 2.75) is 38.3 Å². The first-order chi connectivity index (χ1) is 8.92. The fourth-order valence-electron chi connectivity index (χ4n) is 2.50. The van der Waals surface area contributed by atoms with Crippen LogP contribution in [0.5, 0.6) is 0 Å². The summed E-state index contributed by atoms with van der Waals surface area (Å²) in [6.07, 6.45) is 5.36. The van der Waals surface area contributed by atoms with Crippen molar-refractivity contribution >= 4 is 0 Å². The standard InChI is InChI=1S/C14H17N3O/c1-2-6-11(7-3-1)14-16-13(18-17-14)10-15-12-8-4-5-9-12/h1-3,6-7,12,15H,4-5,8-10H2/p+1. The van der Waals surface area contributed by atoms with Crippen molar-refractivity contribution in [2.75, 3.05) is 0 Å². The van der Waals surface area contributed by atoms with E-state index in [9.17, 15) is 0 Å². The molecule has 4 nitrogen and oxygen atoms in total. The van der Waals surface area contributed by atoms with E-state index in [1.165, 1.54) is 25.7 Å². The fourth-order valence-corrected chi connectivity index (χ4v) is 2.50. The van der Waals surface area contributed by atoms with E-state index in [2.05, 4.69) is 15.5 Å². The molecule has 0 bridgehead atoms. The van der Waals surface area contributed by atoms with Gasteiger partial charge in [0.1, 0.15) is 0 Å². The summed E-state index contributed by atoms with van der Waals surface area (Å²) in [6.45, 7) is 0.796. The van der Waals surface area contributed by atoms with Crippen molar-refractivity contribution in [3.63, 3.8) is 0 Å². The highest BCUT2D eigenvalue weighted by Gasteiger charge is 2.19. The summed E-state index contributed by atoms with van der Waals surface area (Å²) in [5.41, 5.74) is 1.01. The van der Waals surface area contributed by atoms with E-state index in [-0.39, 0.29) is 0 Å². The van der Waals surface area contributed by atoms with E-state index < -0.39 is 0 Å². The lowest BCUT2D eigenvalue weighted by Crippen LogP contribution is -2.88. The molecule has 0 spiro atoms. The van der Waals surface area contributed by atoms with Crippen LogP contribution in [0.2, 0.25) is 0 Å². The lowest BCUT2D eigenvalue weighted by molar-refractivity contribution is -0.705. The minimum Gasteiger partial charge on any atom is -0.336 e. The van der Waals surface area contributed by atoms with Crippen molar-refractivity contribution in [3.8, 4) is 11.4 Å². The van der Waals surface area contributed by atoms with Crippen LogP contribution < -0.4 is 5.32 Å². The normalized spacial score (nSPS) is 16.2. The van der Waals surface area contributed by atoms with Crippen LogP contribution >= 0.6 is 0 Å². The third-order valence-electron chi connectivity index (χ3n) is 3.53. The fraction of sp³-hybridized carbons (Fsp3) is 0.429. The lowest BCUT2D eigenvalue weighted by atomic mass is 10.2. The van der Waals surface area contributed by atoms with Crippen LogP contribution in [0, 0.1) is 0 Å². The van der Waals surface area contributed by atoms with Crippen LogP contribution in [-0.2, 0) is 6.54 Å². The molecule has 0 saturated heterocycles. The van der Waals surface area contributed by atoms with Gasteiger partial charge in [0, 0.05) is 5.56 Å². The Bertz CT molecular complexity index is 489. The molecule has 4 heteroatoms. The van der Waals surface area contributed by atoms with Crippen LogP contribution in [-0.4, -0.2) is 16.2 Å². The zero-order valence-electron chi connectivity index (χ0n) is 10.4. The molecule has 1 saturated carbocycles. The molecule has 1 aromatic heterocycles. The summed E-state index contributed by atoms with van der Waals surface area (Å²) in [4.78, 5) is 4.43. The Morgan fingerprint density at radius 2 is 1.94 bits per heavy atom. The number of aromatic nitrogens is 2. The van der Waals surface area contributed by atoms with Gasteiger partial charge < -0.3 is 9.84 Å². The van der Waals surface area contributed by atoms with E-state index in [0.717, 1.165) is 24.0 Å². The molecule has 1 heterocycles. The van der Waals surface area contributed by atoms with Crippen molar-refractivity contribution in [2.24, 2.45) is 0 Å². The van der Waals surface area contributed by atoms with Crippen LogP contribution in [0.3, 0.4) is 0 Å². The SMILES string of the molecule is c1ccc(-c2noc(C[NH2+]C3CCCC3)n2)cc1. The molecule has 1 aliphatic rings. The highest BCUT2D eigenvalue weighted by molar-refractivity contribution is 5.53. The molecule has 1 aliphatic carbocycles. The summed E-state index contributed by atoms with van der Waals surface area (Å²) < 4.78 is 5.29. The van der Waals surface area contributed by atoms with Gasteiger partial charge in [-0.2, -0.15) is 4.98 Å². The topological polar surface area (TPSA) is 55.5 Å². The van der Waals surface area contributed by atoms with Crippen molar-refractivity contribution in [1.29, 1.82) is 0 Å². The quantitative estimate of drug-likeness (QED) is 0.891.